The van der Waals surface area contributed by atoms with Crippen LogP contribution in [0.25, 0.3) is 0 Å². The predicted octanol–water partition coefficient (Wildman–Crippen LogP) is 4.24. The monoisotopic (exact) mass is 257 g/mol. The van der Waals surface area contributed by atoms with E-state index >= 15 is 0 Å². The summed E-state index contributed by atoms with van der Waals surface area (Å²) in [6.45, 7) is 7.81. The van der Waals surface area contributed by atoms with E-state index in [1.54, 1.807) is 0 Å². The lowest BCUT2D eigenvalue weighted by molar-refractivity contribution is 0.583. The van der Waals surface area contributed by atoms with Crippen LogP contribution in [0.1, 0.15) is 43.2 Å². The largest absolute Gasteiger partial charge is 0.309 e. The van der Waals surface area contributed by atoms with E-state index in [0.717, 1.165) is 6.54 Å². The summed E-state index contributed by atoms with van der Waals surface area (Å²) < 4.78 is 0. The zero-order chi connectivity index (χ0) is 11.8. The first-order valence-corrected chi connectivity index (χ1v) is 8.18. The average Bonchev–Trinajstić information content (AvgIpc) is 2.70. The molecule has 3 heteroatoms. The quantitative estimate of drug-likeness (QED) is 0.699. The fraction of sp³-hybridized carbons (Fsp3) is 0.692. The second-order valence-electron chi connectivity index (χ2n) is 4.05. The van der Waals surface area contributed by atoms with Crippen molar-refractivity contribution in [1.82, 2.24) is 5.32 Å². The highest BCUT2D eigenvalue weighted by molar-refractivity contribution is 7.99. The molecule has 1 aromatic heterocycles. The summed E-state index contributed by atoms with van der Waals surface area (Å²) in [5, 5.41) is 5.87. The minimum Gasteiger partial charge on any atom is -0.309 e. The summed E-state index contributed by atoms with van der Waals surface area (Å²) in [5.74, 6) is 2.48. The number of thioether (sulfide) groups is 1. The van der Waals surface area contributed by atoms with Gasteiger partial charge in [-0.3, -0.25) is 0 Å². The molecular formula is C13H23NS2. The third kappa shape index (κ3) is 4.48. The van der Waals surface area contributed by atoms with Gasteiger partial charge >= 0.3 is 0 Å². The van der Waals surface area contributed by atoms with Crippen LogP contribution < -0.4 is 5.32 Å². The lowest BCUT2D eigenvalue weighted by Gasteiger charge is -2.17. The first-order valence-electron chi connectivity index (χ1n) is 6.14. The van der Waals surface area contributed by atoms with E-state index in [1.165, 1.54) is 34.8 Å². The molecule has 0 bridgehead atoms. The van der Waals surface area contributed by atoms with E-state index in [0.29, 0.717) is 6.04 Å². The third-order valence-corrected chi connectivity index (χ3v) is 4.89. The van der Waals surface area contributed by atoms with E-state index < -0.39 is 0 Å². The van der Waals surface area contributed by atoms with Crippen LogP contribution >= 0.6 is 23.1 Å². The minimum absolute atomic E-state index is 0.552. The molecule has 0 aliphatic rings. The van der Waals surface area contributed by atoms with E-state index in [-0.39, 0.29) is 0 Å². The molecule has 0 radical (unpaired) electrons. The highest BCUT2D eigenvalue weighted by atomic mass is 32.2. The lowest BCUT2D eigenvalue weighted by Crippen LogP contribution is -2.24. The molecule has 0 aliphatic heterocycles. The Balaban J connectivity index is 2.53. The fourth-order valence-corrected chi connectivity index (χ4v) is 3.72. The van der Waals surface area contributed by atoms with Crippen molar-refractivity contribution in [3.05, 3.63) is 21.9 Å². The number of nitrogens with one attached hydrogen (secondary N) is 1. The molecule has 0 saturated heterocycles. The van der Waals surface area contributed by atoms with Crippen LogP contribution in [0.15, 0.2) is 11.4 Å². The second kappa shape index (κ2) is 8.15. The first-order chi connectivity index (χ1) is 7.79. The van der Waals surface area contributed by atoms with Crippen LogP contribution in [-0.2, 0) is 0 Å². The number of rotatable bonds is 8. The van der Waals surface area contributed by atoms with Gasteiger partial charge in [0.05, 0.1) is 6.04 Å². The van der Waals surface area contributed by atoms with Gasteiger partial charge < -0.3 is 5.32 Å². The van der Waals surface area contributed by atoms with Crippen molar-refractivity contribution < 1.29 is 0 Å². The summed E-state index contributed by atoms with van der Waals surface area (Å²) in [5.41, 5.74) is 1.44. The highest BCUT2D eigenvalue weighted by Crippen LogP contribution is 2.26. The standard InChI is InChI=1S/C13H23NS2/c1-4-7-14-12(10-15-8-5-2)13-11(3)6-9-16-13/h6,9,12,14H,4-5,7-8,10H2,1-3H3. The van der Waals surface area contributed by atoms with Gasteiger partial charge in [-0.15, -0.1) is 11.3 Å². The van der Waals surface area contributed by atoms with Crippen LogP contribution in [0, 0.1) is 6.92 Å². The minimum atomic E-state index is 0.552. The molecule has 92 valence electrons. The van der Waals surface area contributed by atoms with Crippen molar-refractivity contribution in [2.24, 2.45) is 0 Å². The normalized spacial score (nSPS) is 12.9. The molecule has 0 aliphatic carbocycles. The third-order valence-electron chi connectivity index (χ3n) is 2.49. The Morgan fingerprint density at radius 2 is 2.19 bits per heavy atom. The Bertz CT molecular complexity index is 283. The van der Waals surface area contributed by atoms with Crippen molar-refractivity contribution in [3.8, 4) is 0 Å². The van der Waals surface area contributed by atoms with Crippen LogP contribution in [0.5, 0.6) is 0 Å². The van der Waals surface area contributed by atoms with Crippen LogP contribution in [-0.4, -0.2) is 18.1 Å². The van der Waals surface area contributed by atoms with E-state index in [2.05, 4.69) is 49.3 Å². The predicted molar refractivity (Wildman–Crippen MR) is 77.7 cm³/mol. The maximum Gasteiger partial charge on any atom is 0.0509 e. The average molecular weight is 257 g/mol. The molecule has 1 unspecified atom stereocenters. The Hall–Kier alpha value is 0.0100. The van der Waals surface area contributed by atoms with E-state index in [4.69, 9.17) is 0 Å². The molecule has 1 N–H and O–H groups in total. The van der Waals surface area contributed by atoms with Gasteiger partial charge in [-0.1, -0.05) is 13.8 Å². The maximum atomic E-state index is 3.66. The molecule has 0 spiro atoms. The van der Waals surface area contributed by atoms with Gasteiger partial charge in [-0.05, 0) is 49.1 Å². The van der Waals surface area contributed by atoms with E-state index in [9.17, 15) is 0 Å². The molecule has 1 aromatic rings. The highest BCUT2D eigenvalue weighted by Gasteiger charge is 2.13. The lowest BCUT2D eigenvalue weighted by atomic mass is 10.2. The summed E-state index contributed by atoms with van der Waals surface area (Å²) in [6, 6.07) is 2.78. The zero-order valence-electron chi connectivity index (χ0n) is 10.6. The Kier molecular flexibility index (Phi) is 7.17. The molecule has 0 amide bonds. The van der Waals surface area contributed by atoms with Gasteiger partial charge in [0, 0.05) is 10.6 Å². The number of hydrogen-bond donors (Lipinski definition) is 1. The van der Waals surface area contributed by atoms with Gasteiger partial charge in [0.1, 0.15) is 0 Å². The van der Waals surface area contributed by atoms with Crippen molar-refractivity contribution in [3.63, 3.8) is 0 Å². The fourth-order valence-electron chi connectivity index (χ4n) is 1.63. The molecule has 0 fully saturated rings. The van der Waals surface area contributed by atoms with Crippen molar-refractivity contribution in [1.29, 1.82) is 0 Å². The van der Waals surface area contributed by atoms with Crippen LogP contribution in [0.3, 0.4) is 0 Å². The molecular weight excluding hydrogens is 234 g/mol. The topological polar surface area (TPSA) is 12.0 Å². The molecule has 1 nitrogen and oxygen atoms in total. The maximum absolute atomic E-state index is 3.66. The van der Waals surface area contributed by atoms with Crippen molar-refractivity contribution in [2.75, 3.05) is 18.1 Å². The molecule has 1 atom stereocenters. The summed E-state index contributed by atoms with van der Waals surface area (Å²) in [4.78, 5) is 1.53. The molecule has 1 heterocycles. The molecule has 0 aromatic carbocycles. The van der Waals surface area contributed by atoms with Crippen LogP contribution in [0.2, 0.25) is 0 Å². The first kappa shape index (κ1) is 14.1. The van der Waals surface area contributed by atoms with Crippen molar-refractivity contribution >= 4 is 23.1 Å². The summed E-state index contributed by atoms with van der Waals surface area (Å²) in [6.07, 6.45) is 2.48. The number of thiophene rings is 1. The summed E-state index contributed by atoms with van der Waals surface area (Å²) >= 11 is 3.95. The van der Waals surface area contributed by atoms with Gasteiger partial charge in [-0.2, -0.15) is 11.8 Å². The van der Waals surface area contributed by atoms with Gasteiger partial charge in [0.15, 0.2) is 0 Å². The smallest absolute Gasteiger partial charge is 0.0509 e. The molecule has 1 rings (SSSR count). The summed E-state index contributed by atoms with van der Waals surface area (Å²) in [7, 11) is 0. The number of hydrogen-bond acceptors (Lipinski definition) is 3. The molecule has 0 saturated carbocycles. The number of aryl methyl sites for hydroxylation is 1. The Morgan fingerprint density at radius 1 is 1.38 bits per heavy atom. The van der Waals surface area contributed by atoms with Crippen LogP contribution in [0.4, 0.5) is 0 Å². The van der Waals surface area contributed by atoms with Gasteiger partial charge in [0.25, 0.3) is 0 Å². The van der Waals surface area contributed by atoms with Gasteiger partial charge in [-0.25, -0.2) is 0 Å². The SMILES string of the molecule is CCCNC(CSCCC)c1sccc1C. The zero-order valence-corrected chi connectivity index (χ0v) is 12.2. The Labute approximate surface area is 108 Å². The van der Waals surface area contributed by atoms with Gasteiger partial charge in [0.2, 0.25) is 0 Å². The van der Waals surface area contributed by atoms with Crippen molar-refractivity contribution in [2.45, 2.75) is 39.7 Å². The molecule has 16 heavy (non-hydrogen) atoms. The van der Waals surface area contributed by atoms with E-state index in [1.807, 2.05) is 11.3 Å². The Morgan fingerprint density at radius 3 is 2.75 bits per heavy atom. The second-order valence-corrected chi connectivity index (χ2v) is 6.15.